The SMILES string of the molecule is CNC(=O)c1cc(C(=O)N2CCC(c3ccc(N)c(C=N)c3)CC2)c(C)cc1C1CCC1. The fraction of sp³-hybridized carbons (Fsp3) is 0.423. The molecule has 4 N–H and O–H groups in total. The highest BCUT2D eigenvalue weighted by molar-refractivity contribution is 6.01. The lowest BCUT2D eigenvalue weighted by Gasteiger charge is -2.33. The summed E-state index contributed by atoms with van der Waals surface area (Å²) in [4.78, 5) is 27.8. The Balaban J connectivity index is 1.51. The maximum Gasteiger partial charge on any atom is 0.254 e. The van der Waals surface area contributed by atoms with Crippen LogP contribution in [0.5, 0.6) is 0 Å². The van der Waals surface area contributed by atoms with Crippen molar-refractivity contribution in [2.75, 3.05) is 25.9 Å². The Kier molecular flexibility index (Phi) is 6.31. The third-order valence-corrected chi connectivity index (χ3v) is 7.16. The molecule has 32 heavy (non-hydrogen) atoms. The third-order valence-electron chi connectivity index (χ3n) is 7.16. The second-order valence-electron chi connectivity index (χ2n) is 9.06. The molecule has 2 aliphatic rings. The molecule has 1 heterocycles. The maximum absolute atomic E-state index is 13.4. The van der Waals surface area contributed by atoms with Gasteiger partial charge < -0.3 is 21.4 Å². The fourth-order valence-corrected chi connectivity index (χ4v) is 4.91. The second-order valence-corrected chi connectivity index (χ2v) is 9.06. The average molecular weight is 433 g/mol. The summed E-state index contributed by atoms with van der Waals surface area (Å²) >= 11 is 0. The first kappa shape index (κ1) is 22.1. The van der Waals surface area contributed by atoms with Crippen molar-refractivity contribution in [3.05, 3.63) is 63.7 Å². The Morgan fingerprint density at radius 2 is 1.78 bits per heavy atom. The van der Waals surface area contributed by atoms with Crippen LogP contribution in [0.25, 0.3) is 0 Å². The number of piperidine rings is 1. The summed E-state index contributed by atoms with van der Waals surface area (Å²) in [6, 6.07) is 9.75. The maximum atomic E-state index is 13.4. The third kappa shape index (κ3) is 4.14. The van der Waals surface area contributed by atoms with Crippen LogP contribution in [0.1, 0.15) is 86.9 Å². The van der Waals surface area contributed by atoms with E-state index < -0.39 is 0 Å². The minimum absolute atomic E-state index is 0.00347. The zero-order valence-corrected chi connectivity index (χ0v) is 18.9. The minimum Gasteiger partial charge on any atom is -0.398 e. The summed E-state index contributed by atoms with van der Waals surface area (Å²) in [7, 11) is 1.64. The van der Waals surface area contributed by atoms with Crippen molar-refractivity contribution in [2.24, 2.45) is 0 Å². The second kappa shape index (κ2) is 9.15. The van der Waals surface area contributed by atoms with Crippen molar-refractivity contribution in [3.8, 4) is 0 Å². The Labute approximate surface area is 189 Å². The number of anilines is 1. The molecule has 4 rings (SSSR count). The highest BCUT2D eigenvalue weighted by Gasteiger charge is 2.29. The molecule has 0 spiro atoms. The van der Waals surface area contributed by atoms with Crippen LogP contribution in [0.2, 0.25) is 0 Å². The van der Waals surface area contributed by atoms with Crippen LogP contribution in [0, 0.1) is 12.3 Å². The molecular weight excluding hydrogens is 400 g/mol. The molecule has 1 saturated heterocycles. The number of nitrogens with zero attached hydrogens (tertiary/aromatic N) is 1. The number of amides is 2. The molecule has 0 aromatic heterocycles. The first-order valence-electron chi connectivity index (χ1n) is 11.5. The lowest BCUT2D eigenvalue weighted by Crippen LogP contribution is -2.38. The van der Waals surface area contributed by atoms with Gasteiger partial charge >= 0.3 is 0 Å². The van der Waals surface area contributed by atoms with Gasteiger partial charge in [-0.25, -0.2) is 0 Å². The first-order chi connectivity index (χ1) is 15.4. The number of rotatable bonds is 5. The van der Waals surface area contributed by atoms with Crippen LogP contribution in [-0.2, 0) is 0 Å². The van der Waals surface area contributed by atoms with Gasteiger partial charge in [-0.2, -0.15) is 0 Å². The molecule has 1 saturated carbocycles. The van der Waals surface area contributed by atoms with E-state index >= 15 is 0 Å². The van der Waals surface area contributed by atoms with Gasteiger partial charge in [-0.1, -0.05) is 18.6 Å². The molecule has 2 aromatic carbocycles. The molecule has 6 heteroatoms. The Hall–Kier alpha value is -3.15. The summed E-state index contributed by atoms with van der Waals surface area (Å²) in [5, 5.41) is 10.3. The summed E-state index contributed by atoms with van der Waals surface area (Å²) in [5.41, 5.74) is 11.7. The van der Waals surface area contributed by atoms with Crippen molar-refractivity contribution >= 4 is 23.7 Å². The van der Waals surface area contributed by atoms with Crippen LogP contribution in [0.4, 0.5) is 5.69 Å². The number of hydrogen-bond acceptors (Lipinski definition) is 4. The average Bonchev–Trinajstić information content (AvgIpc) is 2.77. The van der Waals surface area contributed by atoms with E-state index in [1.54, 1.807) is 7.05 Å². The van der Waals surface area contributed by atoms with Gasteiger partial charge in [0.1, 0.15) is 0 Å². The lowest BCUT2D eigenvalue weighted by molar-refractivity contribution is 0.0712. The molecule has 168 valence electrons. The molecule has 6 nitrogen and oxygen atoms in total. The predicted octanol–water partition coefficient (Wildman–Crippen LogP) is 4.22. The van der Waals surface area contributed by atoms with Gasteiger partial charge in [-0.3, -0.25) is 9.59 Å². The summed E-state index contributed by atoms with van der Waals surface area (Å²) in [6.45, 7) is 3.32. The number of likely N-dealkylation sites (tertiary alicyclic amines) is 1. The minimum atomic E-state index is -0.120. The van der Waals surface area contributed by atoms with Crippen molar-refractivity contribution in [1.82, 2.24) is 10.2 Å². The van der Waals surface area contributed by atoms with E-state index in [9.17, 15) is 9.59 Å². The van der Waals surface area contributed by atoms with Gasteiger partial charge in [0.25, 0.3) is 11.8 Å². The molecule has 0 unspecified atom stereocenters. The summed E-state index contributed by atoms with van der Waals surface area (Å²) in [6.07, 6.45) is 6.44. The molecule has 1 aliphatic carbocycles. The monoisotopic (exact) mass is 432 g/mol. The molecule has 0 bridgehead atoms. The van der Waals surface area contributed by atoms with Crippen LogP contribution in [-0.4, -0.2) is 43.1 Å². The van der Waals surface area contributed by atoms with E-state index in [4.69, 9.17) is 11.1 Å². The molecule has 0 atom stereocenters. The van der Waals surface area contributed by atoms with Gasteiger partial charge in [-0.15, -0.1) is 0 Å². The van der Waals surface area contributed by atoms with E-state index in [-0.39, 0.29) is 11.8 Å². The summed E-state index contributed by atoms with van der Waals surface area (Å²) in [5.74, 6) is 0.655. The highest BCUT2D eigenvalue weighted by atomic mass is 16.2. The largest absolute Gasteiger partial charge is 0.398 e. The molecule has 0 radical (unpaired) electrons. The topological polar surface area (TPSA) is 99.3 Å². The van der Waals surface area contributed by atoms with E-state index in [2.05, 4.69) is 11.4 Å². The standard InChI is InChI=1S/C26H32N4O2/c1-16-12-22(18-4-3-5-18)23(25(31)29-2)14-21(16)26(32)30-10-8-17(9-11-30)19-6-7-24(28)20(13-19)15-27/h6-7,12-15,17-18,27H,3-5,8-11,28H2,1-2H3,(H,29,31). The van der Waals surface area contributed by atoms with Crippen LogP contribution in [0.3, 0.4) is 0 Å². The lowest BCUT2D eigenvalue weighted by atomic mass is 9.77. The molecule has 1 aliphatic heterocycles. The van der Waals surface area contributed by atoms with Crippen molar-refractivity contribution in [2.45, 2.75) is 50.9 Å². The Morgan fingerprint density at radius 1 is 1.06 bits per heavy atom. The van der Waals surface area contributed by atoms with Gasteiger partial charge in [0.05, 0.1) is 0 Å². The van der Waals surface area contributed by atoms with E-state index in [1.165, 1.54) is 18.2 Å². The quantitative estimate of drug-likeness (QED) is 0.487. The number of benzene rings is 2. The molecule has 2 fully saturated rings. The number of nitrogen functional groups attached to an aromatic ring is 1. The predicted molar refractivity (Wildman–Crippen MR) is 128 cm³/mol. The fourth-order valence-electron chi connectivity index (χ4n) is 4.91. The Bertz CT molecular complexity index is 1050. The van der Waals surface area contributed by atoms with Crippen LogP contribution in [0.15, 0.2) is 30.3 Å². The normalized spacial score (nSPS) is 17.0. The first-order valence-corrected chi connectivity index (χ1v) is 11.5. The summed E-state index contributed by atoms with van der Waals surface area (Å²) < 4.78 is 0. The molecular formula is C26H32N4O2. The smallest absolute Gasteiger partial charge is 0.254 e. The van der Waals surface area contributed by atoms with Gasteiger partial charge in [0.2, 0.25) is 0 Å². The van der Waals surface area contributed by atoms with Crippen LogP contribution >= 0.6 is 0 Å². The number of carbonyl (C=O) groups is 2. The Morgan fingerprint density at radius 3 is 2.38 bits per heavy atom. The number of carbonyl (C=O) groups excluding carboxylic acids is 2. The zero-order valence-electron chi connectivity index (χ0n) is 18.9. The molecule has 2 aromatic rings. The van der Waals surface area contributed by atoms with Crippen molar-refractivity contribution < 1.29 is 9.59 Å². The van der Waals surface area contributed by atoms with Gasteiger partial charge in [0, 0.05) is 48.7 Å². The van der Waals surface area contributed by atoms with E-state index in [1.807, 2.05) is 36.1 Å². The van der Waals surface area contributed by atoms with Crippen molar-refractivity contribution in [1.29, 1.82) is 5.41 Å². The van der Waals surface area contributed by atoms with E-state index in [0.717, 1.165) is 42.4 Å². The van der Waals surface area contributed by atoms with E-state index in [0.29, 0.717) is 41.7 Å². The van der Waals surface area contributed by atoms with Gasteiger partial charge in [-0.05, 0) is 79.3 Å². The number of hydrogen-bond donors (Lipinski definition) is 3. The highest BCUT2D eigenvalue weighted by Crippen LogP contribution is 2.39. The zero-order chi connectivity index (χ0) is 22.8. The number of aryl methyl sites for hydroxylation is 1. The number of nitrogens with two attached hydrogens (primary N) is 1. The van der Waals surface area contributed by atoms with Crippen LogP contribution < -0.4 is 11.1 Å². The van der Waals surface area contributed by atoms with Gasteiger partial charge in [0.15, 0.2) is 0 Å². The molecule has 2 amide bonds. The van der Waals surface area contributed by atoms with Crippen molar-refractivity contribution in [3.63, 3.8) is 0 Å². The number of nitrogens with one attached hydrogen (secondary N) is 2.